The molecule has 6 aromatic rings. The summed E-state index contributed by atoms with van der Waals surface area (Å²) < 4.78 is 49.3. The Labute approximate surface area is 303 Å². The second kappa shape index (κ2) is 20.4. The van der Waals surface area contributed by atoms with Gasteiger partial charge in [-0.15, -0.1) is 0 Å². The van der Waals surface area contributed by atoms with Crippen LogP contribution in [0.5, 0.6) is 11.5 Å². The molecule has 0 atom stereocenters. The van der Waals surface area contributed by atoms with E-state index in [1.54, 1.807) is 39.0 Å². The number of methoxy groups -OCH3 is 2. The van der Waals surface area contributed by atoms with Gasteiger partial charge in [-0.3, -0.25) is 20.2 Å². The maximum atomic E-state index is 9.75. The molecule has 0 saturated heterocycles. The SMILES string of the molecule is COc1ccc(-c2csc([N-]/N=C/c3ccccn3)n2)cc1.COc1ccc(-c2csc([N-]/N=C/c3ccccn3)n2)cc1.F[B-](F)(F)F.[Co+3]. The minimum Gasteiger partial charge on any atom is -0.497 e. The van der Waals surface area contributed by atoms with Crippen molar-refractivity contribution in [2.75, 3.05) is 14.2 Å². The van der Waals surface area contributed by atoms with Crippen LogP contribution >= 0.6 is 22.7 Å². The first-order chi connectivity index (χ1) is 23.7. The molecule has 0 aliphatic rings. The van der Waals surface area contributed by atoms with E-state index in [1.165, 1.54) is 22.7 Å². The molecule has 0 aliphatic heterocycles. The predicted molar refractivity (Wildman–Crippen MR) is 188 cm³/mol. The Bertz CT molecular complexity index is 1760. The van der Waals surface area contributed by atoms with Crippen molar-refractivity contribution in [2.45, 2.75) is 0 Å². The van der Waals surface area contributed by atoms with Gasteiger partial charge in [0.05, 0.1) is 38.0 Å². The van der Waals surface area contributed by atoms with E-state index >= 15 is 0 Å². The zero-order valence-corrected chi connectivity index (χ0v) is 28.9. The molecule has 0 N–H and O–H groups in total. The molecule has 6 rings (SSSR count). The molecule has 2 aromatic carbocycles. The summed E-state index contributed by atoms with van der Waals surface area (Å²) in [5.74, 6) is 1.65. The van der Waals surface area contributed by atoms with Gasteiger partial charge in [0, 0.05) is 22.7 Å². The predicted octanol–water partition coefficient (Wildman–Crippen LogP) is 9.80. The Morgan fingerprint density at radius 1 is 0.620 bits per heavy atom. The van der Waals surface area contributed by atoms with Crippen LogP contribution in [0, 0.1) is 0 Å². The van der Waals surface area contributed by atoms with Crippen LogP contribution in [0.2, 0.25) is 0 Å². The molecule has 10 nitrogen and oxygen atoms in total. The first kappa shape index (κ1) is 39.3. The molecular weight excluding hydrogens is 738 g/mol. The van der Waals surface area contributed by atoms with Crippen LogP contribution in [0.15, 0.2) is 118 Å². The van der Waals surface area contributed by atoms with Crippen LogP contribution in [-0.2, 0) is 16.8 Å². The van der Waals surface area contributed by atoms with Gasteiger partial charge in [0.1, 0.15) is 11.5 Å². The van der Waals surface area contributed by atoms with Crippen molar-refractivity contribution in [1.29, 1.82) is 0 Å². The number of ether oxygens (including phenoxy) is 2. The van der Waals surface area contributed by atoms with Crippen LogP contribution in [0.3, 0.4) is 0 Å². The number of rotatable bonds is 10. The van der Waals surface area contributed by atoms with Crippen molar-refractivity contribution in [3.05, 3.63) is 130 Å². The average molecular weight is 764 g/mol. The maximum Gasteiger partial charge on any atom is 3.00 e. The summed E-state index contributed by atoms with van der Waals surface area (Å²) in [6, 6.07) is 26.7. The number of hydrogen-bond donors (Lipinski definition) is 0. The monoisotopic (exact) mass is 764 g/mol. The van der Waals surface area contributed by atoms with Crippen molar-refractivity contribution in [1.82, 2.24) is 19.9 Å². The summed E-state index contributed by atoms with van der Waals surface area (Å²) >= 11 is 2.89. The molecule has 0 spiro atoms. The third-order valence-corrected chi connectivity index (χ3v) is 7.25. The van der Waals surface area contributed by atoms with Crippen LogP contribution in [0.1, 0.15) is 11.4 Å². The van der Waals surface area contributed by atoms with Gasteiger partial charge in [-0.25, -0.2) is 0 Å². The zero-order chi connectivity index (χ0) is 34.9. The number of nitrogens with zero attached hydrogens (tertiary/aromatic N) is 8. The van der Waals surface area contributed by atoms with Crippen LogP contribution in [0.4, 0.5) is 27.5 Å². The fourth-order valence-electron chi connectivity index (χ4n) is 3.59. The van der Waals surface area contributed by atoms with E-state index in [4.69, 9.17) is 9.47 Å². The van der Waals surface area contributed by atoms with Crippen molar-refractivity contribution in [2.24, 2.45) is 10.2 Å². The number of benzene rings is 2. The number of thiazole rings is 2. The average Bonchev–Trinajstić information content (AvgIpc) is 3.79. The van der Waals surface area contributed by atoms with E-state index in [2.05, 4.69) is 41.0 Å². The molecule has 0 unspecified atom stereocenters. The first-order valence-electron chi connectivity index (χ1n) is 14.1. The Kier molecular flexibility index (Phi) is 16.0. The first-order valence-corrected chi connectivity index (χ1v) is 15.8. The molecule has 0 saturated carbocycles. The Hall–Kier alpha value is -5.17. The molecule has 0 radical (unpaired) electrons. The van der Waals surface area contributed by atoms with E-state index in [9.17, 15) is 17.3 Å². The Morgan fingerprint density at radius 2 is 1.00 bits per heavy atom. The molecule has 4 heterocycles. The minimum atomic E-state index is -6.00. The fraction of sp³-hybridized carbons (Fsp3) is 0.0625. The number of hydrogen-bond acceptors (Lipinski definition) is 10. The van der Waals surface area contributed by atoms with E-state index in [-0.39, 0.29) is 16.8 Å². The molecule has 0 fully saturated rings. The largest absolute Gasteiger partial charge is 3.00 e. The summed E-state index contributed by atoms with van der Waals surface area (Å²) in [6.07, 6.45) is 6.64. The van der Waals surface area contributed by atoms with Crippen LogP contribution in [-0.4, -0.2) is 53.8 Å². The molecule has 4 aromatic heterocycles. The number of aromatic nitrogens is 4. The maximum absolute atomic E-state index is 9.75. The summed E-state index contributed by atoms with van der Waals surface area (Å²) in [7, 11) is -2.71. The van der Waals surface area contributed by atoms with E-state index in [0.717, 1.165) is 45.4 Å². The summed E-state index contributed by atoms with van der Waals surface area (Å²) in [6.45, 7) is 0. The van der Waals surface area contributed by atoms with Crippen molar-refractivity contribution >= 4 is 52.6 Å². The molecule has 18 heteroatoms. The van der Waals surface area contributed by atoms with E-state index in [1.807, 2.05) is 95.7 Å². The van der Waals surface area contributed by atoms with Gasteiger partial charge in [-0.2, -0.15) is 22.7 Å². The van der Waals surface area contributed by atoms with Gasteiger partial charge in [0.15, 0.2) is 0 Å². The van der Waals surface area contributed by atoms with Gasteiger partial charge in [0.25, 0.3) is 0 Å². The molecule has 0 amide bonds. The van der Waals surface area contributed by atoms with Crippen molar-refractivity contribution in [3.8, 4) is 34.0 Å². The van der Waals surface area contributed by atoms with Gasteiger partial charge in [-0.1, -0.05) is 36.4 Å². The molecule has 50 heavy (non-hydrogen) atoms. The third kappa shape index (κ3) is 14.1. The van der Waals surface area contributed by atoms with Gasteiger partial charge in [-0.05, 0) is 81.8 Å². The van der Waals surface area contributed by atoms with Crippen molar-refractivity contribution in [3.63, 3.8) is 0 Å². The van der Waals surface area contributed by atoms with Gasteiger partial charge < -0.3 is 47.6 Å². The quantitative estimate of drug-likeness (QED) is 0.0593. The summed E-state index contributed by atoms with van der Waals surface area (Å²) in [4.78, 5) is 17.2. The third-order valence-electron chi connectivity index (χ3n) is 5.80. The minimum absolute atomic E-state index is 0. The normalized spacial score (nSPS) is 10.7. The molecular formula is C32H26BCoF4N8O2S2. The fourth-order valence-corrected chi connectivity index (χ4v) is 4.89. The molecule has 258 valence electrons. The van der Waals surface area contributed by atoms with E-state index < -0.39 is 7.25 Å². The van der Waals surface area contributed by atoms with Crippen LogP contribution in [0.25, 0.3) is 33.4 Å². The standard InChI is InChI=1S/2C16H13N4OS.BF4.Co/c2*1-21-14-7-5-12(6-8-14)15-11-22-16(19-15)20-18-10-13-4-2-3-9-17-13;2-1(3,4)5;/h2*2-11H,1H3;;/q3*-1;+3/b2*18-10+;;. The van der Waals surface area contributed by atoms with Gasteiger partial charge >= 0.3 is 24.0 Å². The molecule has 0 aliphatic carbocycles. The van der Waals surface area contributed by atoms with Gasteiger partial charge in [0.2, 0.25) is 0 Å². The Balaban J connectivity index is 0.000000234. The second-order valence-corrected chi connectivity index (χ2v) is 10.9. The van der Waals surface area contributed by atoms with Crippen LogP contribution < -0.4 is 9.47 Å². The topological polar surface area (TPSA) is 123 Å². The number of halogens is 4. The zero-order valence-electron chi connectivity index (χ0n) is 26.2. The number of pyridine rings is 2. The second-order valence-electron chi connectivity index (χ2n) is 9.18. The summed E-state index contributed by atoms with van der Waals surface area (Å²) in [5.41, 5.74) is 13.5. The van der Waals surface area contributed by atoms with E-state index in [0.29, 0.717) is 10.3 Å². The Morgan fingerprint density at radius 3 is 1.32 bits per heavy atom. The molecule has 0 bridgehead atoms. The van der Waals surface area contributed by atoms with Crippen molar-refractivity contribution < 1.29 is 43.5 Å². The summed E-state index contributed by atoms with van der Waals surface area (Å²) in [5, 5.41) is 13.2. The smallest absolute Gasteiger partial charge is 0.497 e.